The molecule has 0 saturated carbocycles. The molecule has 2 N–H and O–H groups in total. The largest absolute Gasteiger partial charge is 0.398 e. The molecular formula is C13H16N2OS. The van der Waals surface area contributed by atoms with Gasteiger partial charge in [-0.15, -0.1) is 11.3 Å². The van der Waals surface area contributed by atoms with Crippen LogP contribution in [0.1, 0.15) is 5.56 Å². The van der Waals surface area contributed by atoms with Crippen LogP contribution in [0.25, 0.3) is 10.1 Å². The summed E-state index contributed by atoms with van der Waals surface area (Å²) in [7, 11) is 0. The van der Waals surface area contributed by atoms with Crippen LogP contribution < -0.4 is 5.73 Å². The van der Waals surface area contributed by atoms with E-state index in [1.54, 1.807) is 11.3 Å². The lowest BCUT2D eigenvalue weighted by Gasteiger charge is -2.26. The molecule has 0 unspecified atom stereocenters. The van der Waals surface area contributed by atoms with Gasteiger partial charge in [0.2, 0.25) is 0 Å². The molecule has 4 heteroatoms. The van der Waals surface area contributed by atoms with Crippen molar-refractivity contribution in [2.75, 3.05) is 32.0 Å². The highest BCUT2D eigenvalue weighted by Crippen LogP contribution is 2.31. The molecule has 1 aromatic heterocycles. The monoisotopic (exact) mass is 248 g/mol. The number of thiophene rings is 1. The predicted octanol–water partition coefficient (Wildman–Crippen LogP) is 2.32. The van der Waals surface area contributed by atoms with Crippen LogP contribution in [0.5, 0.6) is 0 Å². The first-order valence-electron chi connectivity index (χ1n) is 5.89. The summed E-state index contributed by atoms with van der Waals surface area (Å²) in [5, 5.41) is 3.47. The van der Waals surface area contributed by atoms with Gasteiger partial charge in [0.25, 0.3) is 0 Å². The standard InChI is InChI=1S/C13H16N2OS/c14-11-2-1-3-12-13(11)10(9-17-12)8-15-4-6-16-7-5-15/h1-3,9H,4-8,14H2. The molecule has 3 nitrogen and oxygen atoms in total. The first kappa shape index (κ1) is 11.0. The van der Waals surface area contributed by atoms with E-state index in [0.717, 1.165) is 38.5 Å². The maximum absolute atomic E-state index is 6.07. The highest BCUT2D eigenvalue weighted by atomic mass is 32.1. The van der Waals surface area contributed by atoms with Crippen LogP contribution in [-0.4, -0.2) is 31.2 Å². The zero-order valence-corrected chi connectivity index (χ0v) is 10.5. The minimum Gasteiger partial charge on any atom is -0.398 e. The third-order valence-electron chi connectivity index (χ3n) is 3.21. The highest BCUT2D eigenvalue weighted by Gasteiger charge is 2.14. The van der Waals surface area contributed by atoms with Gasteiger partial charge in [-0.1, -0.05) is 6.07 Å². The van der Waals surface area contributed by atoms with Crippen LogP contribution >= 0.6 is 11.3 Å². The summed E-state index contributed by atoms with van der Waals surface area (Å²) >= 11 is 1.78. The quantitative estimate of drug-likeness (QED) is 0.829. The maximum Gasteiger partial charge on any atom is 0.0594 e. The van der Waals surface area contributed by atoms with E-state index in [9.17, 15) is 0 Å². The van der Waals surface area contributed by atoms with Crippen molar-refractivity contribution in [1.29, 1.82) is 0 Å². The summed E-state index contributed by atoms with van der Waals surface area (Å²) in [5.74, 6) is 0. The Hall–Kier alpha value is -1.10. The Morgan fingerprint density at radius 3 is 2.94 bits per heavy atom. The molecule has 3 rings (SSSR count). The second-order valence-electron chi connectivity index (χ2n) is 4.37. The number of benzene rings is 1. The van der Waals surface area contributed by atoms with Crippen LogP contribution in [0.3, 0.4) is 0 Å². The Morgan fingerprint density at radius 2 is 2.12 bits per heavy atom. The average Bonchev–Trinajstić information content (AvgIpc) is 2.75. The average molecular weight is 248 g/mol. The lowest BCUT2D eigenvalue weighted by Crippen LogP contribution is -2.35. The number of rotatable bonds is 2. The summed E-state index contributed by atoms with van der Waals surface area (Å²) in [4.78, 5) is 2.43. The summed E-state index contributed by atoms with van der Waals surface area (Å²) in [6.07, 6.45) is 0. The molecule has 1 aliphatic rings. The SMILES string of the molecule is Nc1cccc2scc(CN3CCOCC3)c12. The number of hydrogen-bond donors (Lipinski definition) is 1. The predicted molar refractivity (Wildman–Crippen MR) is 72.3 cm³/mol. The summed E-state index contributed by atoms with van der Waals surface area (Å²) in [6.45, 7) is 4.71. The fourth-order valence-corrected chi connectivity index (χ4v) is 3.29. The van der Waals surface area contributed by atoms with E-state index < -0.39 is 0 Å². The number of nitrogens with two attached hydrogens (primary N) is 1. The Labute approximate surface area is 105 Å². The zero-order valence-electron chi connectivity index (χ0n) is 9.69. The van der Waals surface area contributed by atoms with Crippen molar-refractivity contribution in [3.8, 4) is 0 Å². The minimum atomic E-state index is 0.845. The number of morpholine rings is 1. The van der Waals surface area contributed by atoms with E-state index in [2.05, 4.69) is 16.3 Å². The number of anilines is 1. The van der Waals surface area contributed by atoms with Crippen LogP contribution in [0, 0.1) is 0 Å². The fourth-order valence-electron chi connectivity index (χ4n) is 2.30. The minimum absolute atomic E-state index is 0.845. The normalized spacial score (nSPS) is 17.6. The third-order valence-corrected chi connectivity index (χ3v) is 4.20. The molecule has 0 aliphatic carbocycles. The summed E-state index contributed by atoms with van der Waals surface area (Å²) in [6, 6.07) is 6.14. The van der Waals surface area contributed by atoms with E-state index in [1.807, 2.05) is 12.1 Å². The lowest BCUT2D eigenvalue weighted by atomic mass is 10.1. The maximum atomic E-state index is 6.07. The van der Waals surface area contributed by atoms with Gasteiger partial charge in [0, 0.05) is 35.4 Å². The molecule has 0 atom stereocenters. The number of nitrogen functional groups attached to an aromatic ring is 1. The Morgan fingerprint density at radius 1 is 1.29 bits per heavy atom. The second kappa shape index (κ2) is 4.64. The first-order chi connectivity index (χ1) is 8.34. The number of nitrogens with zero attached hydrogens (tertiary/aromatic N) is 1. The van der Waals surface area contributed by atoms with Gasteiger partial charge in [-0.2, -0.15) is 0 Å². The van der Waals surface area contributed by atoms with Gasteiger partial charge in [0.1, 0.15) is 0 Å². The van der Waals surface area contributed by atoms with Crippen molar-refractivity contribution >= 4 is 27.1 Å². The van der Waals surface area contributed by atoms with Gasteiger partial charge >= 0.3 is 0 Å². The molecular weight excluding hydrogens is 232 g/mol. The van der Waals surface area contributed by atoms with Gasteiger partial charge in [-0.05, 0) is 23.1 Å². The molecule has 1 fully saturated rings. The van der Waals surface area contributed by atoms with Gasteiger partial charge in [0.15, 0.2) is 0 Å². The Balaban J connectivity index is 1.89. The van der Waals surface area contributed by atoms with Crippen molar-refractivity contribution < 1.29 is 4.74 Å². The fraction of sp³-hybridized carbons (Fsp3) is 0.385. The van der Waals surface area contributed by atoms with E-state index >= 15 is 0 Å². The Kier molecular flexibility index (Phi) is 3.01. The molecule has 0 spiro atoms. The highest BCUT2D eigenvalue weighted by molar-refractivity contribution is 7.17. The van der Waals surface area contributed by atoms with Crippen LogP contribution in [0.4, 0.5) is 5.69 Å². The lowest BCUT2D eigenvalue weighted by molar-refractivity contribution is 0.0344. The zero-order chi connectivity index (χ0) is 11.7. The third kappa shape index (κ3) is 2.16. The number of hydrogen-bond acceptors (Lipinski definition) is 4. The van der Waals surface area contributed by atoms with Crippen LogP contribution in [0.2, 0.25) is 0 Å². The van der Waals surface area contributed by atoms with Crippen molar-refractivity contribution in [2.45, 2.75) is 6.54 Å². The first-order valence-corrected chi connectivity index (χ1v) is 6.77. The molecule has 2 aromatic rings. The topological polar surface area (TPSA) is 38.5 Å². The molecule has 1 aromatic carbocycles. The molecule has 0 amide bonds. The molecule has 1 saturated heterocycles. The molecule has 2 heterocycles. The second-order valence-corrected chi connectivity index (χ2v) is 5.28. The van der Waals surface area contributed by atoms with Gasteiger partial charge in [-0.25, -0.2) is 0 Å². The van der Waals surface area contributed by atoms with Crippen LogP contribution in [-0.2, 0) is 11.3 Å². The Bertz CT molecular complexity index is 517. The van der Waals surface area contributed by atoms with Crippen molar-refractivity contribution in [3.05, 3.63) is 29.1 Å². The number of ether oxygens (including phenoxy) is 1. The van der Waals surface area contributed by atoms with Crippen molar-refractivity contribution in [3.63, 3.8) is 0 Å². The van der Waals surface area contributed by atoms with Gasteiger partial charge < -0.3 is 10.5 Å². The molecule has 17 heavy (non-hydrogen) atoms. The van der Waals surface area contributed by atoms with E-state index in [0.29, 0.717) is 0 Å². The molecule has 90 valence electrons. The van der Waals surface area contributed by atoms with E-state index in [-0.39, 0.29) is 0 Å². The molecule has 0 bridgehead atoms. The van der Waals surface area contributed by atoms with Gasteiger partial charge in [-0.3, -0.25) is 4.90 Å². The number of fused-ring (bicyclic) bond motifs is 1. The molecule has 1 aliphatic heterocycles. The van der Waals surface area contributed by atoms with Crippen molar-refractivity contribution in [2.24, 2.45) is 0 Å². The smallest absolute Gasteiger partial charge is 0.0594 e. The van der Waals surface area contributed by atoms with E-state index in [4.69, 9.17) is 10.5 Å². The van der Waals surface area contributed by atoms with Crippen LogP contribution in [0.15, 0.2) is 23.6 Å². The van der Waals surface area contributed by atoms with Crippen molar-refractivity contribution in [1.82, 2.24) is 4.90 Å². The van der Waals surface area contributed by atoms with Gasteiger partial charge in [0.05, 0.1) is 13.2 Å². The summed E-state index contributed by atoms with van der Waals surface area (Å²) in [5.41, 5.74) is 8.32. The molecule has 0 radical (unpaired) electrons. The summed E-state index contributed by atoms with van der Waals surface area (Å²) < 4.78 is 6.65. The van der Waals surface area contributed by atoms with E-state index in [1.165, 1.54) is 15.6 Å².